The largest absolute Gasteiger partial charge is 0.506 e. The third-order valence-corrected chi connectivity index (χ3v) is 3.87. The third kappa shape index (κ3) is 4.72. The fraction of sp³-hybridized carbons (Fsp3) is 0.263. The second-order valence-corrected chi connectivity index (χ2v) is 6.58. The highest BCUT2D eigenvalue weighted by Gasteiger charge is 2.30. The van der Waals surface area contributed by atoms with E-state index in [0.717, 1.165) is 0 Å². The minimum atomic E-state index is -1.37. The van der Waals surface area contributed by atoms with Crippen molar-refractivity contribution in [2.45, 2.75) is 13.8 Å². The van der Waals surface area contributed by atoms with Gasteiger partial charge in [0.05, 0.1) is 5.69 Å². The number of amides is 2. The van der Waals surface area contributed by atoms with Gasteiger partial charge in [0.25, 0.3) is 17.4 Å². The topological polar surface area (TPSA) is 158 Å². The lowest BCUT2D eigenvalue weighted by molar-refractivity contribution is -0.135. The summed E-state index contributed by atoms with van der Waals surface area (Å²) in [5.41, 5.74) is -2.51. The van der Waals surface area contributed by atoms with Crippen molar-refractivity contribution >= 4 is 17.8 Å². The van der Waals surface area contributed by atoms with Crippen LogP contribution in [-0.4, -0.2) is 50.8 Å². The Labute approximate surface area is 165 Å². The van der Waals surface area contributed by atoms with Crippen LogP contribution in [0.4, 0.5) is 0 Å². The molecule has 29 heavy (non-hydrogen) atoms. The number of para-hydroxylation sites is 1. The van der Waals surface area contributed by atoms with Crippen molar-refractivity contribution in [3.63, 3.8) is 0 Å². The van der Waals surface area contributed by atoms with Crippen LogP contribution in [0.5, 0.6) is 11.6 Å². The summed E-state index contributed by atoms with van der Waals surface area (Å²) < 4.78 is 0.694. The lowest BCUT2D eigenvalue weighted by Gasteiger charge is -2.17. The van der Waals surface area contributed by atoms with Crippen LogP contribution in [0.1, 0.15) is 34.6 Å². The minimum absolute atomic E-state index is 0.0570. The van der Waals surface area contributed by atoms with Crippen molar-refractivity contribution in [3.8, 4) is 17.3 Å². The Kier molecular flexibility index (Phi) is 6.60. The number of benzene rings is 1. The van der Waals surface area contributed by atoms with Gasteiger partial charge < -0.3 is 26.0 Å². The maximum Gasteiger partial charge on any atom is 0.322 e. The summed E-state index contributed by atoms with van der Waals surface area (Å²) in [6.07, 6.45) is 0. The Morgan fingerprint density at radius 2 is 1.59 bits per heavy atom. The van der Waals surface area contributed by atoms with Crippen molar-refractivity contribution in [2.75, 3.05) is 13.1 Å². The maximum atomic E-state index is 12.8. The molecule has 154 valence electrons. The molecule has 0 spiro atoms. The molecule has 1 heterocycles. The molecular formula is C19H21N3O7. The lowest BCUT2D eigenvalue weighted by Crippen LogP contribution is -2.37. The van der Waals surface area contributed by atoms with E-state index in [0.29, 0.717) is 4.57 Å². The van der Waals surface area contributed by atoms with Crippen LogP contribution in [0.15, 0.2) is 35.1 Å². The van der Waals surface area contributed by atoms with E-state index in [-0.39, 0.29) is 18.2 Å². The molecule has 0 fully saturated rings. The number of pyridine rings is 1. The molecule has 0 aliphatic rings. The number of carbonyl (C=O) groups is 3. The van der Waals surface area contributed by atoms with Gasteiger partial charge in [0.2, 0.25) is 5.88 Å². The molecule has 0 radical (unpaired) electrons. The molecule has 0 unspecified atom stereocenters. The summed E-state index contributed by atoms with van der Waals surface area (Å²) in [7, 11) is 0. The second-order valence-electron chi connectivity index (χ2n) is 6.58. The first-order valence-electron chi connectivity index (χ1n) is 8.69. The molecule has 10 nitrogen and oxygen atoms in total. The van der Waals surface area contributed by atoms with Gasteiger partial charge in [0.1, 0.15) is 17.7 Å². The fourth-order valence-corrected chi connectivity index (χ4v) is 2.51. The van der Waals surface area contributed by atoms with Crippen LogP contribution in [0, 0.1) is 5.92 Å². The highest BCUT2D eigenvalue weighted by Crippen LogP contribution is 2.30. The predicted octanol–water partition coefficient (Wildman–Crippen LogP) is 0.449. The van der Waals surface area contributed by atoms with Gasteiger partial charge >= 0.3 is 5.97 Å². The Bertz CT molecular complexity index is 997. The molecule has 0 saturated carbocycles. The van der Waals surface area contributed by atoms with Gasteiger partial charge in [-0.1, -0.05) is 32.0 Å². The fourth-order valence-electron chi connectivity index (χ4n) is 2.51. The first kappa shape index (κ1) is 21.5. The first-order valence-corrected chi connectivity index (χ1v) is 8.69. The summed E-state index contributed by atoms with van der Waals surface area (Å²) in [4.78, 5) is 48.5. The number of rotatable bonds is 7. The zero-order valence-electron chi connectivity index (χ0n) is 15.8. The molecule has 0 bridgehead atoms. The summed E-state index contributed by atoms with van der Waals surface area (Å²) in [5, 5.41) is 34.2. The molecule has 0 aliphatic heterocycles. The number of carboxylic acids is 1. The number of aromatic nitrogens is 1. The highest BCUT2D eigenvalue weighted by atomic mass is 16.4. The summed E-state index contributed by atoms with van der Waals surface area (Å²) in [5.74, 6) is -5.29. The van der Waals surface area contributed by atoms with Gasteiger partial charge in [0.15, 0.2) is 5.75 Å². The standard InChI is InChI=1S/C19H21N3O7/c1-10(2)8-20-16(26)13-15(25)14(17(27)21-9-12(23)24)19(29)22(18(13)28)11-6-4-3-5-7-11/h3-7,10,25,28H,8-9H2,1-2H3,(H,20,26)(H,21,27)(H,23,24). The number of nitrogens with one attached hydrogen (secondary N) is 2. The Hall–Kier alpha value is -3.82. The van der Waals surface area contributed by atoms with Crippen molar-refractivity contribution in [2.24, 2.45) is 5.92 Å². The van der Waals surface area contributed by atoms with Crippen LogP contribution in [-0.2, 0) is 4.79 Å². The van der Waals surface area contributed by atoms with E-state index >= 15 is 0 Å². The predicted molar refractivity (Wildman–Crippen MR) is 103 cm³/mol. The normalized spacial score (nSPS) is 10.6. The number of nitrogens with zero attached hydrogens (tertiary/aromatic N) is 1. The Morgan fingerprint density at radius 3 is 2.14 bits per heavy atom. The molecular weight excluding hydrogens is 382 g/mol. The summed E-state index contributed by atoms with van der Waals surface area (Å²) in [6, 6.07) is 7.69. The monoisotopic (exact) mass is 403 g/mol. The second kappa shape index (κ2) is 8.91. The molecule has 5 N–H and O–H groups in total. The minimum Gasteiger partial charge on any atom is -0.506 e. The first-order chi connectivity index (χ1) is 13.6. The molecule has 0 atom stereocenters. The summed E-state index contributed by atoms with van der Waals surface area (Å²) >= 11 is 0. The smallest absolute Gasteiger partial charge is 0.322 e. The molecule has 1 aromatic carbocycles. The van der Waals surface area contributed by atoms with Crippen molar-refractivity contribution in [1.29, 1.82) is 0 Å². The molecule has 2 aromatic rings. The van der Waals surface area contributed by atoms with Crippen LogP contribution >= 0.6 is 0 Å². The summed E-state index contributed by atoms with van der Waals surface area (Å²) in [6.45, 7) is 3.06. The number of aliphatic carboxylic acids is 1. The van der Waals surface area contributed by atoms with E-state index in [1.807, 2.05) is 19.2 Å². The van der Waals surface area contributed by atoms with Crippen molar-refractivity contribution in [3.05, 3.63) is 51.8 Å². The van der Waals surface area contributed by atoms with Gasteiger partial charge in [0, 0.05) is 6.54 Å². The van der Waals surface area contributed by atoms with Gasteiger partial charge in [-0.05, 0) is 18.1 Å². The van der Waals surface area contributed by atoms with E-state index in [9.17, 15) is 29.4 Å². The zero-order valence-corrected chi connectivity index (χ0v) is 15.8. The number of hydrogen-bond acceptors (Lipinski definition) is 6. The lowest BCUT2D eigenvalue weighted by atomic mass is 10.1. The average molecular weight is 403 g/mol. The van der Waals surface area contributed by atoms with Crippen molar-refractivity contribution in [1.82, 2.24) is 15.2 Å². The van der Waals surface area contributed by atoms with Crippen LogP contribution in [0.3, 0.4) is 0 Å². The molecule has 2 rings (SSSR count). The highest BCUT2D eigenvalue weighted by molar-refractivity contribution is 6.05. The van der Waals surface area contributed by atoms with E-state index in [2.05, 4.69) is 5.32 Å². The molecule has 1 aromatic heterocycles. The van der Waals surface area contributed by atoms with Crippen LogP contribution in [0.25, 0.3) is 5.69 Å². The van der Waals surface area contributed by atoms with Gasteiger partial charge in [-0.3, -0.25) is 19.2 Å². The maximum absolute atomic E-state index is 12.8. The van der Waals surface area contributed by atoms with E-state index in [1.54, 1.807) is 18.2 Å². The molecule has 2 amide bonds. The Balaban J connectivity index is 2.71. The van der Waals surface area contributed by atoms with Crippen molar-refractivity contribution < 1.29 is 29.7 Å². The van der Waals surface area contributed by atoms with E-state index < -0.39 is 52.6 Å². The van der Waals surface area contributed by atoms with Gasteiger partial charge in [-0.2, -0.15) is 0 Å². The zero-order chi connectivity index (χ0) is 21.7. The number of hydrogen-bond donors (Lipinski definition) is 5. The Morgan fingerprint density at radius 1 is 1.00 bits per heavy atom. The number of aromatic hydroxyl groups is 2. The van der Waals surface area contributed by atoms with Crippen LogP contribution < -0.4 is 16.2 Å². The number of carboxylic acid groups (broad SMARTS) is 1. The molecule has 0 aliphatic carbocycles. The van der Waals surface area contributed by atoms with E-state index in [4.69, 9.17) is 5.11 Å². The average Bonchev–Trinajstić information content (AvgIpc) is 2.65. The SMILES string of the molecule is CC(C)CNC(=O)c1c(O)c(C(=O)NCC(=O)O)c(=O)n(-c2ccccc2)c1O. The van der Waals surface area contributed by atoms with Crippen LogP contribution in [0.2, 0.25) is 0 Å². The van der Waals surface area contributed by atoms with Gasteiger partial charge in [-0.15, -0.1) is 0 Å². The molecule has 10 heteroatoms. The third-order valence-electron chi connectivity index (χ3n) is 3.87. The van der Waals surface area contributed by atoms with Gasteiger partial charge in [-0.25, -0.2) is 4.57 Å². The molecule has 0 saturated heterocycles. The van der Waals surface area contributed by atoms with E-state index in [1.165, 1.54) is 12.1 Å². The number of carbonyl (C=O) groups excluding carboxylic acids is 2. The quantitative estimate of drug-likeness (QED) is 0.449.